The van der Waals surface area contributed by atoms with E-state index in [2.05, 4.69) is 5.32 Å². The maximum Gasteiger partial charge on any atom is 0.303 e. The summed E-state index contributed by atoms with van der Waals surface area (Å²) in [5.41, 5.74) is 2.34. The minimum absolute atomic E-state index is 0.139. The third-order valence-corrected chi connectivity index (χ3v) is 4.41. The zero-order valence-corrected chi connectivity index (χ0v) is 16.0. The van der Waals surface area contributed by atoms with Gasteiger partial charge >= 0.3 is 5.97 Å². The molecule has 0 saturated carbocycles. The van der Waals surface area contributed by atoms with Gasteiger partial charge in [-0.1, -0.05) is 30.3 Å². The predicted octanol–water partition coefficient (Wildman–Crippen LogP) is 4.51. The number of carboxylic acids is 1. The third-order valence-electron chi connectivity index (χ3n) is 4.41. The number of benzene rings is 2. The van der Waals surface area contributed by atoms with Gasteiger partial charge in [0, 0.05) is 29.7 Å². The molecule has 150 valence electrons. The van der Waals surface area contributed by atoms with Gasteiger partial charge < -0.3 is 19.6 Å². The quantitative estimate of drug-likeness (QED) is 0.495. The van der Waals surface area contributed by atoms with Crippen molar-refractivity contribution in [1.29, 1.82) is 0 Å². The molecule has 0 saturated heterocycles. The van der Waals surface area contributed by atoms with Gasteiger partial charge in [-0.2, -0.15) is 0 Å². The van der Waals surface area contributed by atoms with Crippen molar-refractivity contribution >= 4 is 11.9 Å². The van der Waals surface area contributed by atoms with E-state index in [0.717, 1.165) is 16.9 Å². The third kappa shape index (κ3) is 5.97. The topological polar surface area (TPSA) is 88.8 Å². The van der Waals surface area contributed by atoms with Gasteiger partial charge in [-0.25, -0.2) is 0 Å². The van der Waals surface area contributed by atoms with Crippen LogP contribution in [0.1, 0.15) is 35.2 Å². The molecule has 29 heavy (non-hydrogen) atoms. The molecule has 0 unspecified atom stereocenters. The van der Waals surface area contributed by atoms with Crippen LogP contribution < -0.4 is 10.1 Å². The summed E-state index contributed by atoms with van der Waals surface area (Å²) in [6.45, 7) is 0.774. The first-order valence-corrected chi connectivity index (χ1v) is 9.48. The second-order valence-electron chi connectivity index (χ2n) is 6.54. The van der Waals surface area contributed by atoms with Crippen molar-refractivity contribution < 1.29 is 23.8 Å². The number of unbranched alkanes of at least 4 members (excludes halogenated alkanes) is 1. The molecule has 3 rings (SSSR count). The van der Waals surface area contributed by atoms with Crippen molar-refractivity contribution in [3.05, 3.63) is 78.1 Å². The number of hydrogen-bond acceptors (Lipinski definition) is 4. The number of para-hydroxylation sites is 1. The summed E-state index contributed by atoms with van der Waals surface area (Å²) in [6.07, 6.45) is 2.98. The lowest BCUT2D eigenvalue weighted by Gasteiger charge is -2.12. The number of nitrogens with one attached hydrogen (secondary N) is 1. The smallest absolute Gasteiger partial charge is 0.303 e. The first-order valence-electron chi connectivity index (χ1n) is 9.48. The van der Waals surface area contributed by atoms with Crippen LogP contribution in [-0.2, 0) is 11.3 Å². The van der Waals surface area contributed by atoms with Crippen molar-refractivity contribution in [2.24, 2.45) is 0 Å². The number of carbonyl (C=O) groups excluding carboxylic acids is 1. The van der Waals surface area contributed by atoms with Gasteiger partial charge in [-0.15, -0.1) is 0 Å². The number of furan rings is 1. The molecule has 0 aliphatic rings. The summed E-state index contributed by atoms with van der Waals surface area (Å²) in [5.74, 6) is 0.472. The number of aliphatic carboxylic acids is 1. The Morgan fingerprint density at radius 3 is 2.48 bits per heavy atom. The number of hydrogen-bond donors (Lipinski definition) is 2. The lowest BCUT2D eigenvalue weighted by atomic mass is 10.1. The molecule has 1 amide bonds. The lowest BCUT2D eigenvalue weighted by Crippen LogP contribution is -2.23. The highest BCUT2D eigenvalue weighted by atomic mass is 16.5. The standard InChI is InChI=1S/C23H23NO5/c25-22(26)9-3-4-14-28-21-7-2-1-6-19(21)16-24-23(27)18-12-10-17(11-13-18)20-8-5-15-29-20/h1-2,5-8,10-13,15H,3-4,9,14,16H2,(H,24,27)(H,25,26). The van der Waals surface area contributed by atoms with Gasteiger partial charge in [0.05, 0.1) is 12.9 Å². The molecule has 0 aliphatic carbocycles. The van der Waals surface area contributed by atoms with Crippen molar-refractivity contribution in [1.82, 2.24) is 5.32 Å². The maximum absolute atomic E-state index is 12.5. The van der Waals surface area contributed by atoms with E-state index >= 15 is 0 Å². The Hall–Kier alpha value is -3.54. The Balaban J connectivity index is 1.53. The average molecular weight is 393 g/mol. The fourth-order valence-corrected chi connectivity index (χ4v) is 2.86. The van der Waals surface area contributed by atoms with Gasteiger partial charge in [0.25, 0.3) is 5.91 Å². The molecule has 0 spiro atoms. The normalized spacial score (nSPS) is 10.5. The predicted molar refractivity (Wildman–Crippen MR) is 109 cm³/mol. The summed E-state index contributed by atoms with van der Waals surface area (Å²) in [4.78, 5) is 23.0. The number of ether oxygens (including phenoxy) is 1. The second kappa shape index (κ2) is 10.1. The molecule has 2 N–H and O–H groups in total. The van der Waals surface area contributed by atoms with Crippen LogP contribution in [0.2, 0.25) is 0 Å². The van der Waals surface area contributed by atoms with E-state index in [1.165, 1.54) is 0 Å². The fourth-order valence-electron chi connectivity index (χ4n) is 2.86. The molecule has 6 nitrogen and oxygen atoms in total. The monoisotopic (exact) mass is 393 g/mol. The fraction of sp³-hybridized carbons (Fsp3) is 0.217. The van der Waals surface area contributed by atoms with Gasteiger partial charge in [0.15, 0.2) is 0 Å². The zero-order chi connectivity index (χ0) is 20.5. The number of carbonyl (C=O) groups is 2. The van der Waals surface area contributed by atoms with Gasteiger partial charge in [-0.3, -0.25) is 9.59 Å². The minimum atomic E-state index is -0.801. The van der Waals surface area contributed by atoms with E-state index in [0.29, 0.717) is 37.3 Å². The summed E-state index contributed by atoms with van der Waals surface area (Å²) in [5, 5.41) is 11.6. The summed E-state index contributed by atoms with van der Waals surface area (Å²) < 4.78 is 11.1. The van der Waals surface area contributed by atoms with Crippen LogP contribution in [0.25, 0.3) is 11.3 Å². The SMILES string of the molecule is O=C(O)CCCCOc1ccccc1CNC(=O)c1ccc(-c2ccco2)cc1. The van der Waals surface area contributed by atoms with Gasteiger partial charge in [0.1, 0.15) is 11.5 Å². The first kappa shape index (κ1) is 20.2. The number of amides is 1. The number of carboxylic acid groups (broad SMARTS) is 1. The molecule has 2 aromatic carbocycles. The van der Waals surface area contributed by atoms with E-state index < -0.39 is 5.97 Å². The van der Waals surface area contributed by atoms with Crippen LogP contribution in [0.5, 0.6) is 5.75 Å². The molecule has 0 fully saturated rings. The molecule has 0 bridgehead atoms. The maximum atomic E-state index is 12.5. The molecule has 0 atom stereocenters. The molecule has 0 aliphatic heterocycles. The highest BCUT2D eigenvalue weighted by molar-refractivity contribution is 5.94. The second-order valence-corrected chi connectivity index (χ2v) is 6.54. The molecule has 0 radical (unpaired) electrons. The van der Waals surface area contributed by atoms with E-state index in [1.807, 2.05) is 48.5 Å². The van der Waals surface area contributed by atoms with Crippen LogP contribution in [-0.4, -0.2) is 23.6 Å². The van der Waals surface area contributed by atoms with Gasteiger partial charge in [-0.05, 0) is 43.2 Å². The van der Waals surface area contributed by atoms with E-state index in [1.54, 1.807) is 18.4 Å². The summed E-state index contributed by atoms with van der Waals surface area (Å²) in [7, 11) is 0. The lowest BCUT2D eigenvalue weighted by molar-refractivity contribution is -0.137. The van der Waals surface area contributed by atoms with E-state index in [4.69, 9.17) is 14.3 Å². The molecule has 6 heteroatoms. The Morgan fingerprint density at radius 1 is 0.966 bits per heavy atom. The van der Waals surface area contributed by atoms with Crippen LogP contribution in [0.3, 0.4) is 0 Å². The molecule has 3 aromatic rings. The van der Waals surface area contributed by atoms with Crippen molar-refractivity contribution in [2.75, 3.05) is 6.61 Å². The summed E-state index contributed by atoms with van der Waals surface area (Å²) >= 11 is 0. The van der Waals surface area contributed by atoms with Crippen molar-refractivity contribution in [3.8, 4) is 17.1 Å². The van der Waals surface area contributed by atoms with Crippen molar-refractivity contribution in [2.45, 2.75) is 25.8 Å². The van der Waals surface area contributed by atoms with Crippen LogP contribution in [0.4, 0.5) is 0 Å². The first-order chi connectivity index (χ1) is 14.1. The molecular weight excluding hydrogens is 370 g/mol. The highest BCUT2D eigenvalue weighted by Gasteiger charge is 2.09. The largest absolute Gasteiger partial charge is 0.493 e. The summed E-state index contributed by atoms with van der Waals surface area (Å²) in [6, 6.07) is 18.4. The average Bonchev–Trinajstić information content (AvgIpc) is 3.27. The Morgan fingerprint density at radius 2 is 1.76 bits per heavy atom. The Kier molecular flexibility index (Phi) is 7.05. The Bertz CT molecular complexity index is 932. The van der Waals surface area contributed by atoms with Crippen molar-refractivity contribution in [3.63, 3.8) is 0 Å². The van der Waals surface area contributed by atoms with Crippen LogP contribution >= 0.6 is 0 Å². The Labute approximate surface area is 169 Å². The van der Waals surface area contributed by atoms with E-state index in [9.17, 15) is 9.59 Å². The number of rotatable bonds is 10. The molecular formula is C23H23NO5. The molecule has 1 aromatic heterocycles. The minimum Gasteiger partial charge on any atom is -0.493 e. The van der Waals surface area contributed by atoms with Gasteiger partial charge in [0.2, 0.25) is 0 Å². The zero-order valence-electron chi connectivity index (χ0n) is 16.0. The van der Waals surface area contributed by atoms with E-state index in [-0.39, 0.29) is 12.3 Å². The van der Waals surface area contributed by atoms with Crippen LogP contribution in [0.15, 0.2) is 71.3 Å². The molecule has 1 heterocycles. The highest BCUT2D eigenvalue weighted by Crippen LogP contribution is 2.21. The van der Waals surface area contributed by atoms with Crippen LogP contribution in [0, 0.1) is 0 Å².